The van der Waals surface area contributed by atoms with E-state index in [4.69, 9.17) is 4.98 Å². The fraction of sp³-hybridized carbons (Fsp3) is 0.450. The number of nitrogens with zero attached hydrogens (tertiary/aromatic N) is 5. The molecular weight excluding hydrogens is 342 g/mol. The van der Waals surface area contributed by atoms with Crippen LogP contribution >= 0.6 is 11.3 Å². The van der Waals surface area contributed by atoms with Gasteiger partial charge in [-0.2, -0.15) is 0 Å². The Bertz CT molecular complexity index is 915. The molecule has 134 valence electrons. The van der Waals surface area contributed by atoms with Gasteiger partial charge in [-0.15, -0.1) is 11.3 Å². The van der Waals surface area contributed by atoms with E-state index in [1.807, 2.05) is 23.6 Å². The Morgan fingerprint density at radius 2 is 1.88 bits per heavy atom. The average Bonchev–Trinajstić information content (AvgIpc) is 3.07. The Kier molecular flexibility index (Phi) is 4.00. The van der Waals surface area contributed by atoms with E-state index in [1.54, 1.807) is 6.33 Å². The molecule has 0 unspecified atom stereocenters. The highest BCUT2D eigenvalue weighted by Crippen LogP contribution is 2.40. The van der Waals surface area contributed by atoms with Gasteiger partial charge in [0.05, 0.1) is 5.39 Å². The second-order valence-corrected chi connectivity index (χ2v) is 8.47. The van der Waals surface area contributed by atoms with Gasteiger partial charge in [-0.05, 0) is 42.9 Å². The largest absolute Gasteiger partial charge is 0.353 e. The maximum atomic E-state index is 4.72. The summed E-state index contributed by atoms with van der Waals surface area (Å²) in [6, 6.07) is 6.12. The number of piperazine rings is 1. The third-order valence-electron chi connectivity index (χ3n) is 5.62. The van der Waals surface area contributed by atoms with Gasteiger partial charge in [0.2, 0.25) is 0 Å². The molecule has 0 bridgehead atoms. The Morgan fingerprint density at radius 1 is 1.04 bits per heavy atom. The van der Waals surface area contributed by atoms with Crippen molar-refractivity contribution in [2.45, 2.75) is 26.2 Å². The van der Waals surface area contributed by atoms with E-state index in [-0.39, 0.29) is 0 Å². The molecule has 5 nitrogen and oxygen atoms in total. The SMILES string of the molecule is C[C@@H]1CCc2sc3ncnc(N4CCN(c5ccccn5)CC4)c3c2C1. The van der Waals surface area contributed by atoms with Crippen LogP contribution < -0.4 is 9.80 Å². The monoisotopic (exact) mass is 365 g/mol. The van der Waals surface area contributed by atoms with Crippen LogP contribution in [0.4, 0.5) is 11.6 Å². The lowest BCUT2D eigenvalue weighted by Crippen LogP contribution is -2.47. The zero-order chi connectivity index (χ0) is 17.5. The maximum absolute atomic E-state index is 4.72. The number of thiophene rings is 1. The molecule has 4 heterocycles. The highest BCUT2D eigenvalue weighted by atomic mass is 32.1. The quantitative estimate of drug-likeness (QED) is 0.695. The lowest BCUT2D eigenvalue weighted by molar-refractivity contribution is 0.508. The number of aryl methyl sites for hydroxylation is 1. The van der Waals surface area contributed by atoms with Crippen LogP contribution in [-0.2, 0) is 12.8 Å². The van der Waals surface area contributed by atoms with E-state index in [0.29, 0.717) is 0 Å². The van der Waals surface area contributed by atoms with Crippen LogP contribution in [0.3, 0.4) is 0 Å². The van der Waals surface area contributed by atoms with Gasteiger partial charge in [-0.1, -0.05) is 13.0 Å². The molecule has 6 heteroatoms. The van der Waals surface area contributed by atoms with Crippen molar-refractivity contribution in [1.82, 2.24) is 15.0 Å². The molecule has 1 saturated heterocycles. The first-order chi connectivity index (χ1) is 12.8. The molecule has 0 saturated carbocycles. The first-order valence-electron chi connectivity index (χ1n) is 9.46. The lowest BCUT2D eigenvalue weighted by atomic mass is 9.88. The van der Waals surface area contributed by atoms with Crippen LogP contribution in [-0.4, -0.2) is 41.1 Å². The zero-order valence-corrected chi connectivity index (χ0v) is 15.9. The summed E-state index contributed by atoms with van der Waals surface area (Å²) in [5.74, 6) is 2.97. The number of fused-ring (bicyclic) bond motifs is 3. The van der Waals surface area contributed by atoms with Gasteiger partial charge in [0.25, 0.3) is 0 Å². The van der Waals surface area contributed by atoms with Crippen molar-refractivity contribution >= 4 is 33.2 Å². The molecule has 1 atom stereocenters. The van der Waals surface area contributed by atoms with Gasteiger partial charge in [-0.3, -0.25) is 0 Å². The van der Waals surface area contributed by atoms with Crippen molar-refractivity contribution < 1.29 is 0 Å². The van der Waals surface area contributed by atoms with E-state index in [0.717, 1.165) is 43.7 Å². The third kappa shape index (κ3) is 2.72. The van der Waals surface area contributed by atoms with Crippen molar-refractivity contribution in [3.63, 3.8) is 0 Å². The van der Waals surface area contributed by atoms with Gasteiger partial charge in [0, 0.05) is 37.3 Å². The van der Waals surface area contributed by atoms with Crippen LogP contribution in [0.5, 0.6) is 0 Å². The minimum atomic E-state index is 0.759. The summed E-state index contributed by atoms with van der Waals surface area (Å²) in [4.78, 5) is 21.3. The Morgan fingerprint density at radius 3 is 2.69 bits per heavy atom. The van der Waals surface area contributed by atoms with Crippen LogP contribution in [0.1, 0.15) is 23.8 Å². The number of hydrogen-bond acceptors (Lipinski definition) is 6. The molecule has 1 fully saturated rings. The standard InChI is InChI=1S/C20H23N5S/c1-14-5-6-16-15(12-14)18-19(22-13-23-20(18)26-16)25-10-8-24(9-11-25)17-4-2-3-7-21-17/h2-4,7,13-14H,5-6,8-12H2,1H3/t14-/m1/s1. The van der Waals surface area contributed by atoms with E-state index in [2.05, 4.69) is 38.8 Å². The summed E-state index contributed by atoms with van der Waals surface area (Å²) in [7, 11) is 0. The predicted molar refractivity (Wildman–Crippen MR) is 107 cm³/mol. The van der Waals surface area contributed by atoms with Crippen LogP contribution in [0.25, 0.3) is 10.2 Å². The summed E-state index contributed by atoms with van der Waals surface area (Å²) in [6.07, 6.45) is 7.28. The van der Waals surface area contributed by atoms with Crippen molar-refractivity contribution in [3.05, 3.63) is 41.2 Å². The molecule has 0 amide bonds. The average molecular weight is 366 g/mol. The molecule has 5 rings (SSSR count). The first-order valence-corrected chi connectivity index (χ1v) is 10.3. The van der Waals surface area contributed by atoms with E-state index in [9.17, 15) is 0 Å². The number of rotatable bonds is 2. The van der Waals surface area contributed by atoms with Gasteiger partial charge in [0.15, 0.2) is 0 Å². The predicted octanol–water partition coefficient (Wildman–Crippen LogP) is 3.54. The molecule has 0 aromatic carbocycles. The fourth-order valence-corrected chi connectivity index (χ4v) is 5.37. The Balaban J connectivity index is 1.44. The summed E-state index contributed by atoms with van der Waals surface area (Å²) >= 11 is 1.88. The van der Waals surface area contributed by atoms with Crippen LogP contribution in [0.2, 0.25) is 0 Å². The molecule has 26 heavy (non-hydrogen) atoms. The van der Waals surface area contributed by atoms with Crippen molar-refractivity contribution in [2.24, 2.45) is 5.92 Å². The number of pyridine rings is 1. The van der Waals surface area contributed by atoms with Crippen molar-refractivity contribution in [1.29, 1.82) is 0 Å². The molecule has 0 radical (unpaired) electrons. The molecule has 0 N–H and O–H groups in total. The Labute approximate surface area is 157 Å². The summed E-state index contributed by atoms with van der Waals surface area (Å²) in [5, 5.41) is 1.32. The van der Waals surface area contributed by atoms with Crippen LogP contribution in [0, 0.1) is 5.92 Å². The third-order valence-corrected chi connectivity index (χ3v) is 6.82. The Hall–Kier alpha value is -2.21. The van der Waals surface area contributed by atoms with E-state index >= 15 is 0 Å². The van der Waals surface area contributed by atoms with E-state index < -0.39 is 0 Å². The molecular formula is C20H23N5S. The number of anilines is 2. The second kappa shape index (κ2) is 6.50. The number of hydrogen-bond donors (Lipinski definition) is 0. The summed E-state index contributed by atoms with van der Waals surface area (Å²) in [5.41, 5.74) is 1.52. The number of aromatic nitrogens is 3. The highest BCUT2D eigenvalue weighted by molar-refractivity contribution is 7.19. The van der Waals surface area contributed by atoms with Gasteiger partial charge in [-0.25, -0.2) is 15.0 Å². The first kappa shape index (κ1) is 16.0. The van der Waals surface area contributed by atoms with Crippen molar-refractivity contribution in [2.75, 3.05) is 36.0 Å². The molecule has 3 aromatic rings. The molecule has 1 aliphatic carbocycles. The van der Waals surface area contributed by atoms with Gasteiger partial charge >= 0.3 is 0 Å². The lowest BCUT2D eigenvalue weighted by Gasteiger charge is -2.36. The van der Waals surface area contributed by atoms with Gasteiger partial charge in [0.1, 0.15) is 22.8 Å². The normalized spacial score (nSPS) is 20.4. The minimum Gasteiger partial charge on any atom is -0.353 e. The summed E-state index contributed by atoms with van der Waals surface area (Å²) in [6.45, 7) is 6.27. The maximum Gasteiger partial charge on any atom is 0.141 e. The molecule has 2 aliphatic rings. The van der Waals surface area contributed by atoms with Crippen LogP contribution in [0.15, 0.2) is 30.7 Å². The second-order valence-electron chi connectivity index (χ2n) is 7.39. The van der Waals surface area contributed by atoms with E-state index in [1.165, 1.54) is 39.9 Å². The molecule has 1 aliphatic heterocycles. The topological polar surface area (TPSA) is 45.2 Å². The smallest absolute Gasteiger partial charge is 0.141 e. The summed E-state index contributed by atoms with van der Waals surface area (Å²) < 4.78 is 0. The molecule has 0 spiro atoms. The van der Waals surface area contributed by atoms with Crippen molar-refractivity contribution in [3.8, 4) is 0 Å². The highest BCUT2D eigenvalue weighted by Gasteiger charge is 2.26. The van der Waals surface area contributed by atoms with Gasteiger partial charge < -0.3 is 9.80 Å². The fourth-order valence-electron chi connectivity index (χ4n) is 4.19. The zero-order valence-electron chi connectivity index (χ0n) is 15.1. The minimum absolute atomic E-state index is 0.759. The molecule has 3 aromatic heterocycles.